The molecular weight excluding hydrogens is 184 g/mol. The summed E-state index contributed by atoms with van der Waals surface area (Å²) in [6, 6.07) is 0. The predicted octanol–water partition coefficient (Wildman–Crippen LogP) is 2.87. The van der Waals surface area contributed by atoms with Crippen molar-refractivity contribution in [1.29, 1.82) is 0 Å². The molecule has 0 bridgehead atoms. The molecule has 3 unspecified atom stereocenters. The molecule has 78 valence electrons. The molecule has 3 atom stereocenters. The van der Waals surface area contributed by atoms with Gasteiger partial charge < -0.3 is 5.11 Å². The lowest BCUT2D eigenvalue weighted by Gasteiger charge is -2.17. The molecule has 0 aliphatic rings. The van der Waals surface area contributed by atoms with Crippen LogP contribution in [-0.4, -0.2) is 22.1 Å². The van der Waals surface area contributed by atoms with Crippen LogP contribution in [0.1, 0.15) is 34.1 Å². The lowest BCUT2D eigenvalue weighted by atomic mass is 10.1. The van der Waals surface area contributed by atoms with E-state index >= 15 is 0 Å². The molecule has 0 saturated heterocycles. The first kappa shape index (κ1) is 12.8. The van der Waals surface area contributed by atoms with Gasteiger partial charge in [0.25, 0.3) is 0 Å². The topological polar surface area (TPSA) is 37.3 Å². The van der Waals surface area contributed by atoms with Gasteiger partial charge in [-0.3, -0.25) is 4.79 Å². The molecule has 0 amide bonds. The van der Waals surface area contributed by atoms with Gasteiger partial charge in [0.05, 0.1) is 5.92 Å². The fourth-order valence-electron chi connectivity index (χ4n) is 0.779. The molecule has 0 heterocycles. The fourth-order valence-corrected chi connectivity index (χ4v) is 2.05. The highest BCUT2D eigenvalue weighted by atomic mass is 32.2. The first-order valence-electron chi connectivity index (χ1n) is 4.83. The Kier molecular flexibility index (Phi) is 6.21. The van der Waals surface area contributed by atoms with Gasteiger partial charge in [-0.25, -0.2) is 0 Å². The Labute approximate surface area is 85.1 Å². The number of carboxylic acid groups (broad SMARTS) is 1. The summed E-state index contributed by atoms with van der Waals surface area (Å²) in [6.07, 6.45) is 1.17. The van der Waals surface area contributed by atoms with Crippen LogP contribution in [-0.2, 0) is 4.79 Å². The first-order chi connectivity index (χ1) is 5.99. The third-order valence-corrected chi connectivity index (χ3v) is 4.13. The maximum atomic E-state index is 10.6. The van der Waals surface area contributed by atoms with Gasteiger partial charge in [-0.15, -0.1) is 0 Å². The van der Waals surface area contributed by atoms with Crippen molar-refractivity contribution in [1.82, 2.24) is 0 Å². The summed E-state index contributed by atoms with van der Waals surface area (Å²) in [5.74, 6) is 0.821. The summed E-state index contributed by atoms with van der Waals surface area (Å²) < 4.78 is 0. The van der Waals surface area contributed by atoms with Crippen LogP contribution in [0.4, 0.5) is 0 Å². The van der Waals surface area contributed by atoms with Crippen LogP contribution in [0.15, 0.2) is 0 Å². The molecule has 1 N–H and O–H groups in total. The quantitative estimate of drug-likeness (QED) is 0.723. The Bertz CT molecular complexity index is 159. The Balaban J connectivity index is 3.73. The van der Waals surface area contributed by atoms with Crippen molar-refractivity contribution in [3.05, 3.63) is 0 Å². The fraction of sp³-hybridized carbons (Fsp3) is 0.900. The van der Waals surface area contributed by atoms with Crippen LogP contribution >= 0.6 is 11.8 Å². The molecule has 0 aromatic heterocycles. The zero-order chi connectivity index (χ0) is 10.4. The lowest BCUT2D eigenvalue weighted by Crippen LogP contribution is -2.21. The highest BCUT2D eigenvalue weighted by Gasteiger charge is 2.19. The van der Waals surface area contributed by atoms with E-state index in [1.807, 2.05) is 6.92 Å². The maximum Gasteiger partial charge on any atom is 0.307 e. The summed E-state index contributed by atoms with van der Waals surface area (Å²) in [5, 5.41) is 8.98. The third kappa shape index (κ3) is 5.19. The molecule has 0 aliphatic heterocycles. The molecule has 0 spiro atoms. The second-order valence-electron chi connectivity index (χ2n) is 3.68. The van der Waals surface area contributed by atoms with E-state index in [0.29, 0.717) is 5.92 Å². The number of thioether (sulfide) groups is 1. The smallest absolute Gasteiger partial charge is 0.307 e. The molecule has 3 heteroatoms. The molecule has 0 radical (unpaired) electrons. The van der Waals surface area contributed by atoms with Gasteiger partial charge >= 0.3 is 5.97 Å². The van der Waals surface area contributed by atoms with Gasteiger partial charge in [-0.1, -0.05) is 34.1 Å². The summed E-state index contributed by atoms with van der Waals surface area (Å²) in [4.78, 5) is 10.6. The van der Waals surface area contributed by atoms with Gasteiger partial charge in [0.1, 0.15) is 0 Å². The SMILES string of the molecule is CCC(C)CSC(C)C(C)C(=O)O. The molecule has 2 nitrogen and oxygen atoms in total. The van der Waals surface area contributed by atoms with E-state index in [1.165, 1.54) is 6.42 Å². The van der Waals surface area contributed by atoms with Gasteiger partial charge in [-0.05, 0) is 11.7 Å². The minimum absolute atomic E-state index is 0.214. The maximum absolute atomic E-state index is 10.6. The van der Waals surface area contributed by atoms with E-state index in [1.54, 1.807) is 18.7 Å². The zero-order valence-corrected chi connectivity index (χ0v) is 9.73. The number of rotatable bonds is 6. The molecule has 0 aromatic carbocycles. The molecule has 0 saturated carbocycles. The Hall–Kier alpha value is -0.180. The minimum atomic E-state index is -0.691. The number of aliphatic carboxylic acids is 1. The second-order valence-corrected chi connectivity index (χ2v) is 5.09. The van der Waals surface area contributed by atoms with E-state index < -0.39 is 5.97 Å². The minimum Gasteiger partial charge on any atom is -0.481 e. The standard InChI is InChI=1S/C10H20O2S/c1-5-7(2)6-13-9(4)8(3)10(11)12/h7-9H,5-6H2,1-4H3,(H,11,12). The molecule has 0 aliphatic carbocycles. The van der Waals surface area contributed by atoms with Crippen molar-refractivity contribution in [2.45, 2.75) is 39.4 Å². The highest BCUT2D eigenvalue weighted by molar-refractivity contribution is 7.99. The number of carbonyl (C=O) groups is 1. The monoisotopic (exact) mass is 204 g/mol. The summed E-state index contributed by atoms with van der Waals surface area (Å²) >= 11 is 1.76. The zero-order valence-electron chi connectivity index (χ0n) is 8.91. The van der Waals surface area contributed by atoms with Crippen LogP contribution in [0.3, 0.4) is 0 Å². The normalized spacial score (nSPS) is 17.8. The van der Waals surface area contributed by atoms with E-state index in [9.17, 15) is 4.79 Å². The van der Waals surface area contributed by atoms with Crippen LogP contribution in [0, 0.1) is 11.8 Å². The molecule has 0 aromatic rings. The van der Waals surface area contributed by atoms with Crippen molar-refractivity contribution < 1.29 is 9.90 Å². The molecule has 0 fully saturated rings. The molecule has 0 rings (SSSR count). The largest absolute Gasteiger partial charge is 0.481 e. The Morgan fingerprint density at radius 1 is 1.38 bits per heavy atom. The third-order valence-electron chi connectivity index (χ3n) is 2.43. The summed E-state index contributed by atoms with van der Waals surface area (Å²) in [6.45, 7) is 8.13. The van der Waals surface area contributed by atoms with Gasteiger partial charge in [0.2, 0.25) is 0 Å². The molecular formula is C10H20O2S. The first-order valence-corrected chi connectivity index (χ1v) is 5.88. The van der Waals surface area contributed by atoms with Gasteiger partial charge in [-0.2, -0.15) is 11.8 Å². The van der Waals surface area contributed by atoms with Crippen molar-refractivity contribution in [3.8, 4) is 0 Å². The van der Waals surface area contributed by atoms with Crippen LogP contribution in [0.5, 0.6) is 0 Å². The van der Waals surface area contributed by atoms with Crippen LogP contribution < -0.4 is 0 Å². The lowest BCUT2D eigenvalue weighted by molar-refractivity contribution is -0.140. The Morgan fingerprint density at radius 3 is 2.31 bits per heavy atom. The van der Waals surface area contributed by atoms with Crippen molar-refractivity contribution in [2.24, 2.45) is 11.8 Å². The Morgan fingerprint density at radius 2 is 1.92 bits per heavy atom. The summed E-state index contributed by atoms with van der Waals surface area (Å²) in [7, 11) is 0. The average molecular weight is 204 g/mol. The average Bonchev–Trinajstić information content (AvgIpc) is 2.11. The van der Waals surface area contributed by atoms with Crippen molar-refractivity contribution in [2.75, 3.05) is 5.75 Å². The van der Waals surface area contributed by atoms with Crippen molar-refractivity contribution >= 4 is 17.7 Å². The number of hydrogen-bond donors (Lipinski definition) is 1. The van der Waals surface area contributed by atoms with Crippen LogP contribution in [0.2, 0.25) is 0 Å². The molecule has 13 heavy (non-hydrogen) atoms. The van der Waals surface area contributed by atoms with E-state index in [2.05, 4.69) is 13.8 Å². The second kappa shape index (κ2) is 6.30. The van der Waals surface area contributed by atoms with Crippen molar-refractivity contribution in [3.63, 3.8) is 0 Å². The highest BCUT2D eigenvalue weighted by Crippen LogP contribution is 2.22. The van der Waals surface area contributed by atoms with E-state index in [0.717, 1.165) is 5.75 Å². The van der Waals surface area contributed by atoms with Gasteiger partial charge in [0, 0.05) is 5.25 Å². The van der Waals surface area contributed by atoms with E-state index in [-0.39, 0.29) is 11.2 Å². The predicted molar refractivity (Wildman–Crippen MR) is 58.2 cm³/mol. The number of carboxylic acids is 1. The van der Waals surface area contributed by atoms with E-state index in [4.69, 9.17) is 5.11 Å². The summed E-state index contributed by atoms with van der Waals surface area (Å²) in [5.41, 5.74) is 0. The number of hydrogen-bond acceptors (Lipinski definition) is 2. The van der Waals surface area contributed by atoms with Gasteiger partial charge in [0.15, 0.2) is 0 Å². The van der Waals surface area contributed by atoms with Crippen LogP contribution in [0.25, 0.3) is 0 Å².